The molecular weight excluding hydrogens is 319 g/mol. The van der Waals surface area contributed by atoms with Crippen LogP contribution >= 0.6 is 0 Å². The molecule has 1 heterocycles. The van der Waals surface area contributed by atoms with Crippen molar-refractivity contribution in [1.29, 1.82) is 0 Å². The van der Waals surface area contributed by atoms with Gasteiger partial charge in [-0.15, -0.1) is 0 Å². The van der Waals surface area contributed by atoms with E-state index in [1.54, 1.807) is 24.3 Å². The van der Waals surface area contributed by atoms with Gasteiger partial charge in [0, 0.05) is 17.4 Å². The third kappa shape index (κ3) is 2.64. The predicted molar refractivity (Wildman–Crippen MR) is 84.4 cm³/mol. The highest BCUT2D eigenvalue weighted by atomic mass is 19.4. The number of alkyl halides is 3. The van der Waals surface area contributed by atoms with Crippen LogP contribution in [0.25, 0.3) is 10.9 Å². The molecule has 24 heavy (non-hydrogen) atoms. The van der Waals surface area contributed by atoms with E-state index in [9.17, 15) is 23.2 Å². The molecule has 3 rings (SSSR count). The van der Waals surface area contributed by atoms with Crippen LogP contribution in [0.3, 0.4) is 0 Å². The van der Waals surface area contributed by atoms with Crippen LogP contribution in [0.2, 0.25) is 0 Å². The first-order valence-corrected chi connectivity index (χ1v) is 7.28. The SMILES string of the molecule is Cc1c(Cc2ccccc2C(F)(F)F)c(=O)c2ccccc2n1O. The van der Waals surface area contributed by atoms with Gasteiger partial charge in [-0.1, -0.05) is 30.3 Å². The van der Waals surface area contributed by atoms with Crippen molar-refractivity contribution in [3.8, 4) is 0 Å². The molecule has 1 N–H and O–H groups in total. The van der Waals surface area contributed by atoms with E-state index in [2.05, 4.69) is 0 Å². The molecule has 0 unspecified atom stereocenters. The maximum absolute atomic E-state index is 13.2. The van der Waals surface area contributed by atoms with Crippen molar-refractivity contribution in [2.45, 2.75) is 19.5 Å². The fourth-order valence-electron chi connectivity index (χ4n) is 2.84. The highest BCUT2D eigenvalue weighted by Crippen LogP contribution is 2.33. The Hall–Kier alpha value is -2.76. The Balaban J connectivity index is 2.21. The first-order valence-electron chi connectivity index (χ1n) is 7.28. The number of rotatable bonds is 2. The second kappa shape index (κ2) is 5.70. The van der Waals surface area contributed by atoms with Gasteiger partial charge in [-0.3, -0.25) is 4.79 Å². The molecule has 0 saturated heterocycles. The van der Waals surface area contributed by atoms with Crippen LogP contribution < -0.4 is 5.43 Å². The molecule has 0 fully saturated rings. The van der Waals surface area contributed by atoms with E-state index in [0.29, 0.717) is 5.52 Å². The summed E-state index contributed by atoms with van der Waals surface area (Å²) in [4.78, 5) is 12.7. The standard InChI is InChI=1S/C18H14F3NO2/c1-11-14(10-12-6-2-4-8-15(12)18(19,20)21)17(23)13-7-3-5-9-16(13)22(11)24/h2-9,24H,10H2,1H3. The normalized spacial score (nSPS) is 11.8. The van der Waals surface area contributed by atoms with Gasteiger partial charge in [0.1, 0.15) is 0 Å². The number of halogens is 3. The summed E-state index contributed by atoms with van der Waals surface area (Å²) in [7, 11) is 0. The molecule has 2 aromatic carbocycles. The molecule has 0 saturated carbocycles. The number of aromatic nitrogens is 1. The van der Waals surface area contributed by atoms with E-state index < -0.39 is 11.7 Å². The second-order valence-corrected chi connectivity index (χ2v) is 5.55. The zero-order valence-corrected chi connectivity index (χ0v) is 12.8. The number of pyridine rings is 1. The molecule has 3 aromatic rings. The molecular formula is C18H14F3NO2. The summed E-state index contributed by atoms with van der Waals surface area (Å²) < 4.78 is 40.3. The summed E-state index contributed by atoms with van der Waals surface area (Å²) in [5, 5.41) is 10.5. The molecule has 0 spiro atoms. The highest BCUT2D eigenvalue weighted by molar-refractivity contribution is 5.79. The third-order valence-electron chi connectivity index (χ3n) is 4.10. The van der Waals surface area contributed by atoms with Gasteiger partial charge in [0.2, 0.25) is 0 Å². The molecule has 0 aliphatic rings. The maximum Gasteiger partial charge on any atom is 0.416 e. The molecule has 124 valence electrons. The monoisotopic (exact) mass is 333 g/mol. The Labute approximate surface area is 135 Å². The topological polar surface area (TPSA) is 42.2 Å². The number of hydrogen-bond acceptors (Lipinski definition) is 2. The lowest BCUT2D eigenvalue weighted by atomic mass is 9.97. The van der Waals surface area contributed by atoms with E-state index in [1.165, 1.54) is 25.1 Å². The van der Waals surface area contributed by atoms with Crippen LogP contribution in [0.4, 0.5) is 13.2 Å². The van der Waals surface area contributed by atoms with Crippen LogP contribution in [0, 0.1) is 6.92 Å². The fraction of sp³-hybridized carbons (Fsp3) is 0.167. The average molecular weight is 333 g/mol. The van der Waals surface area contributed by atoms with E-state index in [-0.39, 0.29) is 34.1 Å². The Morgan fingerprint density at radius 1 is 1.04 bits per heavy atom. The summed E-state index contributed by atoms with van der Waals surface area (Å²) in [5.41, 5.74) is -0.441. The smallest absolute Gasteiger partial charge is 0.416 e. The molecule has 6 heteroatoms. The number of fused-ring (bicyclic) bond motifs is 1. The number of para-hydroxylation sites is 1. The largest absolute Gasteiger partial charge is 0.428 e. The first-order chi connectivity index (χ1) is 11.3. The van der Waals surface area contributed by atoms with Crippen molar-refractivity contribution < 1.29 is 18.4 Å². The Bertz CT molecular complexity index is 974. The molecule has 0 amide bonds. The number of hydrogen-bond donors (Lipinski definition) is 1. The second-order valence-electron chi connectivity index (χ2n) is 5.55. The van der Waals surface area contributed by atoms with Crippen LogP contribution in [-0.2, 0) is 12.6 Å². The van der Waals surface area contributed by atoms with Crippen molar-refractivity contribution in [2.24, 2.45) is 0 Å². The van der Waals surface area contributed by atoms with Crippen LogP contribution in [0.5, 0.6) is 0 Å². The van der Waals surface area contributed by atoms with Gasteiger partial charge in [0.25, 0.3) is 0 Å². The summed E-state index contributed by atoms with van der Waals surface area (Å²) >= 11 is 0. The lowest BCUT2D eigenvalue weighted by Crippen LogP contribution is -2.19. The Morgan fingerprint density at radius 2 is 1.67 bits per heavy atom. The lowest BCUT2D eigenvalue weighted by Gasteiger charge is -2.15. The molecule has 0 radical (unpaired) electrons. The molecule has 0 aliphatic carbocycles. The third-order valence-corrected chi connectivity index (χ3v) is 4.10. The minimum Gasteiger partial charge on any atom is -0.428 e. The van der Waals surface area contributed by atoms with Gasteiger partial charge in [0.05, 0.1) is 16.8 Å². The van der Waals surface area contributed by atoms with Crippen molar-refractivity contribution >= 4 is 10.9 Å². The molecule has 1 aromatic heterocycles. The Morgan fingerprint density at radius 3 is 2.38 bits per heavy atom. The van der Waals surface area contributed by atoms with Gasteiger partial charge in [-0.05, 0) is 30.7 Å². The van der Waals surface area contributed by atoms with Crippen molar-refractivity contribution in [1.82, 2.24) is 4.73 Å². The molecule has 0 aliphatic heterocycles. The lowest BCUT2D eigenvalue weighted by molar-refractivity contribution is -0.138. The van der Waals surface area contributed by atoms with Crippen molar-refractivity contribution in [2.75, 3.05) is 0 Å². The van der Waals surface area contributed by atoms with E-state index in [0.717, 1.165) is 10.8 Å². The van der Waals surface area contributed by atoms with Gasteiger partial charge < -0.3 is 5.21 Å². The van der Waals surface area contributed by atoms with E-state index in [1.807, 2.05) is 0 Å². The summed E-state index contributed by atoms with van der Waals surface area (Å²) in [6, 6.07) is 11.6. The minimum atomic E-state index is -4.50. The van der Waals surface area contributed by atoms with Crippen molar-refractivity contribution in [3.05, 3.63) is 81.1 Å². The number of benzene rings is 2. The van der Waals surface area contributed by atoms with Crippen LogP contribution in [0.15, 0.2) is 53.3 Å². The van der Waals surface area contributed by atoms with E-state index >= 15 is 0 Å². The Kier molecular flexibility index (Phi) is 3.83. The van der Waals surface area contributed by atoms with Crippen LogP contribution in [0.1, 0.15) is 22.4 Å². The quantitative estimate of drug-likeness (QED) is 0.716. The predicted octanol–water partition coefficient (Wildman–Crippen LogP) is 4.16. The minimum absolute atomic E-state index is 0.000445. The average Bonchev–Trinajstić information content (AvgIpc) is 2.56. The van der Waals surface area contributed by atoms with Gasteiger partial charge in [0.15, 0.2) is 5.43 Å². The number of nitrogens with zero attached hydrogens (tertiary/aromatic N) is 1. The highest BCUT2D eigenvalue weighted by Gasteiger charge is 2.33. The summed E-state index contributed by atoms with van der Waals surface area (Å²) in [5.74, 6) is 0. The summed E-state index contributed by atoms with van der Waals surface area (Å²) in [6.45, 7) is 1.51. The zero-order valence-electron chi connectivity index (χ0n) is 12.8. The van der Waals surface area contributed by atoms with Gasteiger partial charge in [-0.25, -0.2) is 0 Å². The van der Waals surface area contributed by atoms with Gasteiger partial charge >= 0.3 is 6.18 Å². The maximum atomic E-state index is 13.2. The van der Waals surface area contributed by atoms with Gasteiger partial charge in [-0.2, -0.15) is 17.9 Å². The molecule has 3 nitrogen and oxygen atoms in total. The molecule has 0 bridgehead atoms. The fourth-order valence-corrected chi connectivity index (χ4v) is 2.84. The first kappa shape index (κ1) is 16.1. The zero-order chi connectivity index (χ0) is 17.5. The van der Waals surface area contributed by atoms with Crippen LogP contribution in [-0.4, -0.2) is 9.94 Å². The van der Waals surface area contributed by atoms with E-state index in [4.69, 9.17) is 0 Å². The summed E-state index contributed by atoms with van der Waals surface area (Å²) in [6.07, 6.45) is -4.70. The molecule has 0 atom stereocenters. The van der Waals surface area contributed by atoms with Crippen molar-refractivity contribution in [3.63, 3.8) is 0 Å².